The van der Waals surface area contributed by atoms with Crippen LogP contribution in [0, 0.1) is 13.8 Å². The zero-order chi connectivity index (χ0) is 22.2. The predicted octanol–water partition coefficient (Wildman–Crippen LogP) is -3.97. The second-order valence-electron chi connectivity index (χ2n) is 7.41. The van der Waals surface area contributed by atoms with Crippen LogP contribution in [0.25, 0.3) is 5.69 Å². The zero-order valence-corrected chi connectivity index (χ0v) is 24.6. The van der Waals surface area contributed by atoms with Gasteiger partial charge in [0.2, 0.25) is 0 Å². The summed E-state index contributed by atoms with van der Waals surface area (Å²) in [6.07, 6.45) is 1.51. The number of aromatic nitrogens is 4. The van der Waals surface area contributed by atoms with Crippen molar-refractivity contribution in [2.24, 2.45) is 0 Å². The summed E-state index contributed by atoms with van der Waals surface area (Å²) >= 11 is 5.12. The van der Waals surface area contributed by atoms with Gasteiger partial charge in [-0.25, -0.2) is 4.68 Å². The summed E-state index contributed by atoms with van der Waals surface area (Å²) in [4.78, 5) is 13.1. The van der Waals surface area contributed by atoms with Gasteiger partial charge in [-0.3, -0.25) is 0 Å². The van der Waals surface area contributed by atoms with E-state index in [0.29, 0.717) is 18.1 Å². The largest absolute Gasteiger partial charge is 1.00 e. The van der Waals surface area contributed by atoms with Gasteiger partial charge in [0, 0.05) is 42.1 Å². The summed E-state index contributed by atoms with van der Waals surface area (Å²) in [7, 11) is 0. The first-order valence-electron chi connectivity index (χ1n) is 10.3. The number of aryl methyl sites for hydroxylation is 2. The van der Waals surface area contributed by atoms with Crippen molar-refractivity contribution in [3.8, 4) is 5.69 Å². The summed E-state index contributed by atoms with van der Waals surface area (Å²) in [6.45, 7) is 6.43. The molecule has 1 aromatic heterocycles. The van der Waals surface area contributed by atoms with Gasteiger partial charge in [-0.05, 0) is 72.9 Å². The maximum atomic E-state index is 10.8. The van der Waals surface area contributed by atoms with Crippen LogP contribution in [0.3, 0.4) is 0 Å². The van der Waals surface area contributed by atoms with Gasteiger partial charge >= 0.3 is 59.1 Å². The van der Waals surface area contributed by atoms with Crippen LogP contribution in [0.15, 0.2) is 47.6 Å². The van der Waals surface area contributed by atoms with Crippen LogP contribution < -0.4 is 74.4 Å². The number of nitrogens with one attached hydrogen (secondary N) is 1. The molecule has 8 nitrogen and oxygen atoms in total. The number of carboxylic acid groups (broad SMARTS) is 1. The molecule has 0 aliphatic carbocycles. The molecule has 33 heavy (non-hydrogen) atoms. The molecule has 0 atom stereocenters. The number of tetrazole rings is 1. The Morgan fingerprint density at radius 2 is 1.76 bits per heavy atom. The van der Waals surface area contributed by atoms with E-state index in [1.165, 1.54) is 21.5 Å². The average molecular weight is 485 g/mol. The monoisotopic (exact) mass is 484 g/mol. The zero-order valence-electron chi connectivity index (χ0n) is 19.7. The van der Waals surface area contributed by atoms with Gasteiger partial charge in [0.05, 0.1) is 5.69 Å². The fourth-order valence-corrected chi connectivity index (χ4v) is 3.82. The molecule has 1 heterocycles. The van der Waals surface area contributed by atoms with Crippen molar-refractivity contribution in [2.75, 3.05) is 29.9 Å². The maximum Gasteiger partial charge on any atom is 1.00 e. The van der Waals surface area contributed by atoms with Gasteiger partial charge in [0.1, 0.15) is 0 Å². The Kier molecular flexibility index (Phi) is 13.5. The molecule has 2 aromatic carbocycles. The van der Waals surface area contributed by atoms with Crippen LogP contribution >= 0.6 is 0 Å². The maximum absolute atomic E-state index is 10.8. The number of carbonyl (C=O) groups excluding carboxylic acids is 1. The molecule has 1 N–H and O–H groups in total. The molecule has 0 unspecified atom stereocenters. The van der Waals surface area contributed by atoms with E-state index in [-0.39, 0.29) is 65.5 Å². The Hall–Kier alpha value is -1.20. The number of aliphatic carboxylic acids is 1. The third kappa shape index (κ3) is 8.83. The number of anilines is 2. The Morgan fingerprint density at radius 1 is 1.09 bits per heavy atom. The van der Waals surface area contributed by atoms with Crippen LogP contribution in [0.1, 0.15) is 30.4 Å². The molecule has 0 saturated carbocycles. The SMILES string of the molecule is Cc1cccc(C)c1N(CCCNc1cccc(-n2nnnc2[S-])c1)CCCC(=O)[O-].[Na+].[Na+]. The van der Waals surface area contributed by atoms with Crippen molar-refractivity contribution >= 4 is 30.0 Å². The van der Waals surface area contributed by atoms with E-state index in [1.807, 2.05) is 30.3 Å². The number of carbonyl (C=O) groups is 1. The fourth-order valence-electron chi connectivity index (χ4n) is 3.65. The third-order valence-electron chi connectivity index (χ3n) is 5.03. The van der Waals surface area contributed by atoms with Crippen LogP contribution in [-0.2, 0) is 17.4 Å². The topological polar surface area (TPSA) is 99.0 Å². The minimum atomic E-state index is -1.01. The van der Waals surface area contributed by atoms with Crippen LogP contribution in [0.2, 0.25) is 0 Å². The second-order valence-corrected chi connectivity index (χ2v) is 7.77. The Balaban J connectivity index is 0.00000272. The molecule has 0 aliphatic heterocycles. The van der Waals surface area contributed by atoms with Crippen molar-refractivity contribution in [3.63, 3.8) is 0 Å². The molecule has 3 aromatic rings. The molecule has 0 amide bonds. The van der Waals surface area contributed by atoms with E-state index in [1.54, 1.807) is 0 Å². The van der Waals surface area contributed by atoms with E-state index in [0.717, 1.165) is 30.9 Å². The number of benzene rings is 2. The number of hydrogen-bond acceptors (Lipinski definition) is 8. The Morgan fingerprint density at radius 3 is 2.39 bits per heavy atom. The molecule has 0 saturated heterocycles. The molecule has 0 fully saturated rings. The number of nitrogens with zero attached hydrogens (tertiary/aromatic N) is 5. The molecule has 0 aliphatic rings. The van der Waals surface area contributed by atoms with Crippen molar-refractivity contribution in [1.82, 2.24) is 20.2 Å². The second kappa shape index (κ2) is 14.9. The molecular weight excluding hydrogens is 458 g/mol. The third-order valence-corrected chi connectivity index (χ3v) is 5.28. The van der Waals surface area contributed by atoms with Crippen molar-refractivity contribution in [1.29, 1.82) is 0 Å². The first-order valence-corrected chi connectivity index (χ1v) is 10.7. The molecule has 0 bridgehead atoms. The smallest absolute Gasteiger partial charge is 0.738 e. The van der Waals surface area contributed by atoms with E-state index < -0.39 is 5.97 Å². The minimum absolute atomic E-state index is 0. The molecule has 164 valence electrons. The van der Waals surface area contributed by atoms with Gasteiger partial charge in [-0.15, -0.1) is 5.10 Å². The summed E-state index contributed by atoms with van der Waals surface area (Å²) in [5.41, 5.74) is 5.32. The van der Waals surface area contributed by atoms with E-state index in [9.17, 15) is 9.90 Å². The molecule has 0 radical (unpaired) electrons. The average Bonchev–Trinajstić information content (AvgIpc) is 3.16. The Labute approximate surface area is 244 Å². The standard InChI is InChI=1S/C22H28N6O2S.2Na/c1-16-7-3-8-17(2)21(16)27(13-5-11-20(29)30)14-6-12-23-18-9-4-10-19(15-18)28-22(31)24-25-26-28;;/h3-4,7-10,15,23H,5-6,11-14H2,1-2H3,(H,29,30)(H,24,26,31);;/q;2*+1/p-2. The molecule has 0 spiro atoms. The van der Waals surface area contributed by atoms with Crippen molar-refractivity contribution in [2.45, 2.75) is 38.3 Å². The Bertz CT molecular complexity index is 1010. The van der Waals surface area contributed by atoms with Gasteiger partial charge in [-0.2, -0.15) is 0 Å². The predicted molar refractivity (Wildman–Crippen MR) is 120 cm³/mol. The van der Waals surface area contributed by atoms with E-state index in [4.69, 9.17) is 12.6 Å². The molecule has 11 heteroatoms. The summed E-state index contributed by atoms with van der Waals surface area (Å²) in [6, 6.07) is 14.0. The van der Waals surface area contributed by atoms with Crippen molar-refractivity contribution < 1.29 is 69.0 Å². The number of para-hydroxylation sites is 1. The van der Waals surface area contributed by atoms with E-state index >= 15 is 0 Å². The van der Waals surface area contributed by atoms with Crippen LogP contribution in [-0.4, -0.2) is 45.8 Å². The minimum Gasteiger partial charge on any atom is -0.738 e. The summed E-state index contributed by atoms with van der Waals surface area (Å²) in [5, 5.41) is 25.8. The summed E-state index contributed by atoms with van der Waals surface area (Å²) < 4.78 is 1.51. The number of rotatable bonds is 11. The van der Waals surface area contributed by atoms with Gasteiger partial charge < -0.3 is 32.7 Å². The molecular formula is C22H26N6Na2O2S. The van der Waals surface area contributed by atoms with Gasteiger partial charge in [-0.1, -0.05) is 24.3 Å². The van der Waals surface area contributed by atoms with Gasteiger partial charge in [0.15, 0.2) is 0 Å². The molecule has 3 rings (SSSR count). The first kappa shape index (κ1) is 29.8. The number of carboxylic acids is 1. The van der Waals surface area contributed by atoms with Crippen molar-refractivity contribution in [3.05, 3.63) is 53.6 Å². The van der Waals surface area contributed by atoms with E-state index in [2.05, 4.69) is 51.7 Å². The van der Waals surface area contributed by atoms with Gasteiger partial charge in [0.25, 0.3) is 0 Å². The fraction of sp³-hybridized carbons (Fsp3) is 0.364. The quantitative estimate of drug-likeness (QED) is 0.167. The summed E-state index contributed by atoms with van der Waals surface area (Å²) in [5.74, 6) is -1.01. The number of hydrogen-bond donors (Lipinski definition) is 1. The van der Waals surface area contributed by atoms with Crippen LogP contribution in [0.4, 0.5) is 11.4 Å². The normalized spacial score (nSPS) is 10.1. The van der Waals surface area contributed by atoms with Crippen LogP contribution in [0.5, 0.6) is 0 Å². The first-order chi connectivity index (χ1) is 15.0.